The van der Waals surface area contributed by atoms with Crippen LogP contribution in [0.2, 0.25) is 0 Å². The Kier molecular flexibility index (Phi) is 6.99. The van der Waals surface area contributed by atoms with E-state index in [9.17, 15) is 9.59 Å². The predicted octanol–water partition coefficient (Wildman–Crippen LogP) is 2.37. The molecular weight excluding hydrogens is 338 g/mol. The van der Waals surface area contributed by atoms with Gasteiger partial charge in [-0.25, -0.2) is 0 Å². The second-order valence-corrected chi connectivity index (χ2v) is 6.86. The molecule has 0 atom stereocenters. The summed E-state index contributed by atoms with van der Waals surface area (Å²) in [5.74, 6) is 0.119. The molecule has 5 nitrogen and oxygen atoms in total. The standard InChI is InChI=1S/C22H27N3O2/c26-21(12-9-18-5-2-1-3-6-18)24-17-19-7-10-20(11-8-19)22(27)25-15-4-13-23-14-16-25/h1-3,5-8,10-11,23H,4,9,12-17H2,(H,24,26). The van der Waals surface area contributed by atoms with E-state index in [1.54, 1.807) is 0 Å². The van der Waals surface area contributed by atoms with E-state index in [2.05, 4.69) is 10.6 Å². The van der Waals surface area contributed by atoms with Gasteiger partial charge in [0, 0.05) is 38.2 Å². The van der Waals surface area contributed by atoms with Crippen LogP contribution in [0.15, 0.2) is 54.6 Å². The zero-order valence-electron chi connectivity index (χ0n) is 15.6. The summed E-state index contributed by atoms with van der Waals surface area (Å²) in [5.41, 5.74) is 2.87. The third kappa shape index (κ3) is 5.93. The number of rotatable bonds is 6. The number of carbonyl (C=O) groups is 2. The van der Waals surface area contributed by atoms with Crippen molar-refractivity contribution >= 4 is 11.8 Å². The van der Waals surface area contributed by atoms with Crippen LogP contribution in [0, 0.1) is 0 Å². The summed E-state index contributed by atoms with van der Waals surface area (Å²) in [7, 11) is 0. The fraction of sp³-hybridized carbons (Fsp3) is 0.364. The molecule has 142 valence electrons. The number of aryl methyl sites for hydroxylation is 1. The molecular formula is C22H27N3O2. The summed E-state index contributed by atoms with van der Waals surface area (Å²) in [4.78, 5) is 26.5. The molecule has 27 heavy (non-hydrogen) atoms. The molecule has 0 spiro atoms. The van der Waals surface area contributed by atoms with E-state index in [0.29, 0.717) is 18.5 Å². The largest absolute Gasteiger partial charge is 0.352 e. The molecule has 0 unspecified atom stereocenters. The molecule has 0 aliphatic carbocycles. The molecule has 0 saturated carbocycles. The molecule has 0 bridgehead atoms. The van der Waals surface area contributed by atoms with Gasteiger partial charge in [-0.15, -0.1) is 0 Å². The first-order valence-corrected chi connectivity index (χ1v) is 9.62. The van der Waals surface area contributed by atoms with E-state index in [4.69, 9.17) is 0 Å². The van der Waals surface area contributed by atoms with Crippen LogP contribution >= 0.6 is 0 Å². The van der Waals surface area contributed by atoms with Crippen LogP contribution in [-0.2, 0) is 17.8 Å². The van der Waals surface area contributed by atoms with Crippen molar-refractivity contribution in [2.75, 3.05) is 26.2 Å². The number of hydrogen-bond acceptors (Lipinski definition) is 3. The van der Waals surface area contributed by atoms with Crippen molar-refractivity contribution in [2.24, 2.45) is 0 Å². The fourth-order valence-corrected chi connectivity index (χ4v) is 3.19. The number of nitrogens with one attached hydrogen (secondary N) is 2. The van der Waals surface area contributed by atoms with Crippen LogP contribution in [0.1, 0.15) is 34.3 Å². The van der Waals surface area contributed by atoms with E-state index in [1.807, 2.05) is 59.5 Å². The van der Waals surface area contributed by atoms with Gasteiger partial charge in [0.15, 0.2) is 0 Å². The van der Waals surface area contributed by atoms with Crippen LogP contribution in [0.3, 0.4) is 0 Å². The minimum absolute atomic E-state index is 0.0380. The van der Waals surface area contributed by atoms with Crippen molar-refractivity contribution in [3.8, 4) is 0 Å². The lowest BCUT2D eigenvalue weighted by Crippen LogP contribution is -2.34. The smallest absolute Gasteiger partial charge is 0.253 e. The number of amides is 2. The summed E-state index contributed by atoms with van der Waals surface area (Å²) < 4.78 is 0. The Morgan fingerprint density at radius 2 is 1.70 bits per heavy atom. The molecule has 2 amide bonds. The number of nitrogens with zero attached hydrogens (tertiary/aromatic N) is 1. The molecule has 1 aliphatic heterocycles. The quantitative estimate of drug-likeness (QED) is 0.826. The van der Waals surface area contributed by atoms with E-state index in [0.717, 1.165) is 44.6 Å². The van der Waals surface area contributed by atoms with Crippen LogP contribution < -0.4 is 10.6 Å². The average Bonchev–Trinajstić information content (AvgIpc) is 3.01. The molecule has 5 heteroatoms. The summed E-state index contributed by atoms with van der Waals surface area (Å²) in [6.45, 7) is 3.84. The number of carbonyl (C=O) groups excluding carboxylic acids is 2. The van der Waals surface area contributed by atoms with Crippen molar-refractivity contribution in [1.82, 2.24) is 15.5 Å². The van der Waals surface area contributed by atoms with Crippen molar-refractivity contribution < 1.29 is 9.59 Å². The monoisotopic (exact) mass is 365 g/mol. The molecule has 3 rings (SSSR count). The SMILES string of the molecule is O=C(CCc1ccccc1)NCc1ccc(C(=O)N2CCCNCC2)cc1. The van der Waals surface area contributed by atoms with E-state index >= 15 is 0 Å². The van der Waals surface area contributed by atoms with Crippen LogP contribution in [-0.4, -0.2) is 42.9 Å². The zero-order valence-corrected chi connectivity index (χ0v) is 15.6. The highest BCUT2D eigenvalue weighted by Crippen LogP contribution is 2.09. The lowest BCUT2D eigenvalue weighted by molar-refractivity contribution is -0.121. The minimum Gasteiger partial charge on any atom is -0.352 e. The van der Waals surface area contributed by atoms with Gasteiger partial charge in [-0.1, -0.05) is 42.5 Å². The molecule has 1 fully saturated rings. The van der Waals surface area contributed by atoms with Crippen molar-refractivity contribution in [3.05, 3.63) is 71.3 Å². The predicted molar refractivity (Wildman–Crippen MR) is 106 cm³/mol. The number of benzene rings is 2. The Balaban J connectivity index is 1.45. The van der Waals surface area contributed by atoms with Gasteiger partial charge in [-0.3, -0.25) is 9.59 Å². The number of hydrogen-bond donors (Lipinski definition) is 2. The van der Waals surface area contributed by atoms with Gasteiger partial charge < -0.3 is 15.5 Å². The van der Waals surface area contributed by atoms with Gasteiger partial charge in [0.05, 0.1) is 0 Å². The Morgan fingerprint density at radius 1 is 0.926 bits per heavy atom. The first kappa shape index (κ1) is 19.1. The molecule has 2 aromatic carbocycles. The average molecular weight is 365 g/mol. The Bertz CT molecular complexity index is 736. The van der Waals surface area contributed by atoms with E-state index < -0.39 is 0 Å². The highest BCUT2D eigenvalue weighted by atomic mass is 16.2. The maximum absolute atomic E-state index is 12.6. The summed E-state index contributed by atoms with van der Waals surface area (Å²) >= 11 is 0. The minimum atomic E-state index is 0.0380. The maximum atomic E-state index is 12.6. The summed E-state index contributed by atoms with van der Waals surface area (Å²) in [6, 6.07) is 17.5. The van der Waals surface area contributed by atoms with Gasteiger partial charge in [0.1, 0.15) is 0 Å². The molecule has 1 saturated heterocycles. The highest BCUT2D eigenvalue weighted by Gasteiger charge is 2.16. The van der Waals surface area contributed by atoms with Crippen LogP contribution in [0.4, 0.5) is 0 Å². The van der Waals surface area contributed by atoms with Gasteiger partial charge >= 0.3 is 0 Å². The maximum Gasteiger partial charge on any atom is 0.253 e. The third-order valence-corrected chi connectivity index (χ3v) is 4.80. The molecule has 2 N–H and O–H groups in total. The summed E-state index contributed by atoms with van der Waals surface area (Å²) in [5, 5.41) is 6.25. The van der Waals surface area contributed by atoms with Crippen molar-refractivity contribution in [1.29, 1.82) is 0 Å². The Hall–Kier alpha value is -2.66. The molecule has 2 aromatic rings. The van der Waals surface area contributed by atoms with E-state index in [-0.39, 0.29) is 11.8 Å². The lowest BCUT2D eigenvalue weighted by atomic mass is 10.1. The first-order chi connectivity index (χ1) is 13.2. The fourth-order valence-electron chi connectivity index (χ4n) is 3.19. The van der Waals surface area contributed by atoms with E-state index in [1.165, 1.54) is 5.56 Å². The van der Waals surface area contributed by atoms with Crippen LogP contribution in [0.25, 0.3) is 0 Å². The molecule has 1 aliphatic rings. The Morgan fingerprint density at radius 3 is 2.48 bits per heavy atom. The summed E-state index contributed by atoms with van der Waals surface area (Å²) in [6.07, 6.45) is 2.20. The van der Waals surface area contributed by atoms with Gasteiger partial charge in [0.2, 0.25) is 5.91 Å². The lowest BCUT2D eigenvalue weighted by Gasteiger charge is -2.20. The molecule has 0 aromatic heterocycles. The van der Waals surface area contributed by atoms with Gasteiger partial charge in [-0.2, -0.15) is 0 Å². The second kappa shape index (κ2) is 9.88. The van der Waals surface area contributed by atoms with Gasteiger partial charge in [0.25, 0.3) is 5.91 Å². The molecule has 1 heterocycles. The molecule has 0 radical (unpaired) electrons. The zero-order chi connectivity index (χ0) is 18.9. The highest BCUT2D eigenvalue weighted by molar-refractivity contribution is 5.94. The van der Waals surface area contributed by atoms with Gasteiger partial charge in [-0.05, 0) is 42.6 Å². The normalized spacial score (nSPS) is 14.4. The van der Waals surface area contributed by atoms with Crippen LogP contribution in [0.5, 0.6) is 0 Å². The van der Waals surface area contributed by atoms with Crippen molar-refractivity contribution in [2.45, 2.75) is 25.8 Å². The third-order valence-electron chi connectivity index (χ3n) is 4.80. The Labute approximate surface area is 160 Å². The second-order valence-electron chi connectivity index (χ2n) is 6.86. The topological polar surface area (TPSA) is 61.4 Å². The van der Waals surface area contributed by atoms with Crippen molar-refractivity contribution in [3.63, 3.8) is 0 Å². The first-order valence-electron chi connectivity index (χ1n) is 9.62.